The fourth-order valence-corrected chi connectivity index (χ4v) is 1.91. The van der Waals surface area contributed by atoms with Crippen LogP contribution in [0.2, 0.25) is 0 Å². The van der Waals surface area contributed by atoms with E-state index in [0.29, 0.717) is 5.56 Å². The molecule has 0 radical (unpaired) electrons. The van der Waals surface area contributed by atoms with Crippen molar-refractivity contribution < 1.29 is 13.2 Å². The maximum atomic E-state index is 12.5. The van der Waals surface area contributed by atoms with E-state index < -0.39 is 9.76 Å². The lowest BCUT2D eigenvalue weighted by atomic mass is 9.87. The third-order valence-corrected chi connectivity index (χ3v) is 4.32. The highest BCUT2D eigenvalue weighted by atomic mass is 127. The van der Waals surface area contributed by atoms with Crippen molar-refractivity contribution in [1.29, 1.82) is 0 Å². The molecule has 0 saturated heterocycles. The Morgan fingerprint density at radius 3 is 1.83 bits per heavy atom. The Hall–Kier alpha value is -0.230. The van der Waals surface area contributed by atoms with E-state index in [4.69, 9.17) is 11.6 Å². The predicted octanol–water partition coefficient (Wildman–Crippen LogP) is 5.89. The molecular formula is C13H13ClF3I. The normalized spacial score (nSPS) is 14.4. The molecule has 0 aliphatic heterocycles. The quantitative estimate of drug-likeness (QED) is 0.526. The first-order chi connectivity index (χ1) is 8.03. The average Bonchev–Trinajstić information content (AvgIpc) is 2.25. The van der Waals surface area contributed by atoms with E-state index in [2.05, 4.69) is 0 Å². The molecular weight excluding hydrogens is 375 g/mol. The summed E-state index contributed by atoms with van der Waals surface area (Å²) in [7, 11) is 0. The molecule has 0 unspecified atom stereocenters. The van der Waals surface area contributed by atoms with Gasteiger partial charge in [0, 0.05) is 0 Å². The van der Waals surface area contributed by atoms with Crippen LogP contribution >= 0.6 is 34.2 Å². The Morgan fingerprint density at radius 2 is 1.50 bits per heavy atom. The maximum Gasteiger partial charge on any atom is 0.423 e. The first-order valence-corrected chi connectivity index (χ1v) is 6.72. The van der Waals surface area contributed by atoms with Crippen LogP contribution in [0.1, 0.15) is 31.9 Å². The van der Waals surface area contributed by atoms with Crippen LogP contribution in [0.15, 0.2) is 27.8 Å². The van der Waals surface area contributed by atoms with E-state index in [1.807, 2.05) is 20.8 Å². The highest BCUT2D eigenvalue weighted by molar-refractivity contribution is 14.1. The van der Waals surface area contributed by atoms with Crippen molar-refractivity contribution >= 4 is 39.2 Å². The van der Waals surface area contributed by atoms with Gasteiger partial charge in [-0.25, -0.2) is 0 Å². The molecule has 100 valence electrons. The van der Waals surface area contributed by atoms with E-state index in [0.717, 1.165) is 5.56 Å². The molecule has 0 bridgehead atoms. The van der Waals surface area contributed by atoms with E-state index in [1.54, 1.807) is 24.3 Å². The Kier molecular flexibility index (Phi) is 4.76. The van der Waals surface area contributed by atoms with Crippen LogP contribution in [0.5, 0.6) is 0 Å². The number of rotatable bonds is 1. The number of benzene rings is 1. The minimum Gasteiger partial charge on any atom is -0.166 e. The zero-order valence-electron chi connectivity index (χ0n) is 10.2. The van der Waals surface area contributed by atoms with Crippen LogP contribution in [0, 0.1) is 0 Å². The molecule has 0 heterocycles. The second-order valence-corrected chi connectivity index (χ2v) is 6.41. The van der Waals surface area contributed by atoms with Crippen LogP contribution in [0.25, 0.3) is 5.03 Å². The Balaban J connectivity index is 3.14. The van der Waals surface area contributed by atoms with Crippen LogP contribution in [-0.4, -0.2) is 6.18 Å². The van der Waals surface area contributed by atoms with Crippen LogP contribution in [-0.2, 0) is 5.41 Å². The summed E-state index contributed by atoms with van der Waals surface area (Å²) in [6.45, 7) is 6.12. The number of halogens is 5. The standard InChI is InChI=1S/C13H13ClF3I/c1-12(2,3)9-6-4-8(5-7-9)10(14)11(18)13(15,16)17/h4-7H,1-3H3/b11-10+. The van der Waals surface area contributed by atoms with E-state index in [-0.39, 0.29) is 10.4 Å². The molecule has 1 aromatic rings. The topological polar surface area (TPSA) is 0 Å². The van der Waals surface area contributed by atoms with Crippen LogP contribution < -0.4 is 0 Å². The molecule has 0 N–H and O–H groups in total. The van der Waals surface area contributed by atoms with Gasteiger partial charge in [-0.05, 0) is 39.1 Å². The molecule has 0 aliphatic carbocycles. The van der Waals surface area contributed by atoms with Gasteiger partial charge in [0.25, 0.3) is 0 Å². The largest absolute Gasteiger partial charge is 0.423 e. The molecule has 0 spiro atoms. The molecule has 0 atom stereocenters. The van der Waals surface area contributed by atoms with Gasteiger partial charge in [0.05, 0.1) is 5.03 Å². The molecule has 0 aromatic heterocycles. The van der Waals surface area contributed by atoms with Crippen molar-refractivity contribution in [2.45, 2.75) is 32.4 Å². The van der Waals surface area contributed by atoms with Gasteiger partial charge < -0.3 is 0 Å². The fourth-order valence-electron chi connectivity index (χ4n) is 1.37. The minimum atomic E-state index is -4.40. The summed E-state index contributed by atoms with van der Waals surface area (Å²) in [5, 5.41) is -0.261. The first-order valence-electron chi connectivity index (χ1n) is 5.27. The highest BCUT2D eigenvalue weighted by Crippen LogP contribution is 2.39. The first kappa shape index (κ1) is 15.8. The summed E-state index contributed by atoms with van der Waals surface area (Å²) in [5.41, 5.74) is 1.40. The van der Waals surface area contributed by atoms with E-state index in [1.165, 1.54) is 22.6 Å². The summed E-state index contributed by atoms with van der Waals surface area (Å²) in [5.74, 6) is 0. The molecule has 0 saturated carbocycles. The Labute approximate surface area is 123 Å². The van der Waals surface area contributed by atoms with Gasteiger partial charge in [-0.15, -0.1) is 0 Å². The van der Waals surface area contributed by atoms with Gasteiger partial charge in [-0.1, -0.05) is 56.6 Å². The maximum absolute atomic E-state index is 12.5. The molecule has 0 nitrogen and oxygen atoms in total. The lowest BCUT2D eigenvalue weighted by molar-refractivity contribution is -0.0810. The lowest BCUT2D eigenvalue weighted by Crippen LogP contribution is -2.11. The second kappa shape index (κ2) is 5.41. The SMILES string of the molecule is CC(C)(C)c1ccc(/C(Cl)=C(\I)C(F)(F)F)cc1. The van der Waals surface area contributed by atoms with Gasteiger partial charge in [0.1, 0.15) is 3.58 Å². The number of allylic oxidation sites excluding steroid dienone is 1. The Morgan fingerprint density at radius 1 is 1.06 bits per heavy atom. The third-order valence-electron chi connectivity index (χ3n) is 2.45. The molecule has 0 amide bonds. The van der Waals surface area contributed by atoms with Gasteiger partial charge in [-0.2, -0.15) is 13.2 Å². The van der Waals surface area contributed by atoms with E-state index >= 15 is 0 Å². The van der Waals surface area contributed by atoms with Crippen molar-refractivity contribution in [2.24, 2.45) is 0 Å². The van der Waals surface area contributed by atoms with Gasteiger partial charge in [0.2, 0.25) is 0 Å². The summed E-state index contributed by atoms with van der Waals surface area (Å²) in [6.07, 6.45) is -4.40. The molecule has 1 rings (SSSR count). The summed E-state index contributed by atoms with van der Waals surface area (Å²) in [6, 6.07) is 6.84. The third kappa shape index (κ3) is 3.88. The summed E-state index contributed by atoms with van der Waals surface area (Å²) < 4.78 is 36.7. The zero-order chi connectivity index (χ0) is 14.1. The summed E-state index contributed by atoms with van der Waals surface area (Å²) in [4.78, 5) is 0. The highest BCUT2D eigenvalue weighted by Gasteiger charge is 2.34. The van der Waals surface area contributed by atoms with Gasteiger partial charge in [0.15, 0.2) is 0 Å². The number of alkyl halides is 3. The van der Waals surface area contributed by atoms with E-state index in [9.17, 15) is 13.2 Å². The minimum absolute atomic E-state index is 0.0358. The average molecular weight is 389 g/mol. The second-order valence-electron chi connectivity index (χ2n) is 4.95. The molecule has 18 heavy (non-hydrogen) atoms. The Bertz CT molecular complexity index is 453. The predicted molar refractivity (Wildman–Crippen MR) is 78.0 cm³/mol. The van der Waals surface area contributed by atoms with Crippen molar-refractivity contribution in [3.63, 3.8) is 0 Å². The van der Waals surface area contributed by atoms with Crippen molar-refractivity contribution in [1.82, 2.24) is 0 Å². The summed E-state index contributed by atoms with van der Waals surface area (Å²) >= 11 is 6.99. The number of hydrogen-bond donors (Lipinski definition) is 0. The van der Waals surface area contributed by atoms with Crippen LogP contribution in [0.4, 0.5) is 13.2 Å². The van der Waals surface area contributed by atoms with Crippen molar-refractivity contribution in [3.8, 4) is 0 Å². The molecule has 1 aromatic carbocycles. The van der Waals surface area contributed by atoms with Gasteiger partial charge >= 0.3 is 6.18 Å². The number of hydrogen-bond acceptors (Lipinski definition) is 0. The lowest BCUT2D eigenvalue weighted by Gasteiger charge is -2.19. The fraction of sp³-hybridized carbons (Fsp3) is 0.385. The molecule has 5 heteroatoms. The smallest absolute Gasteiger partial charge is 0.166 e. The van der Waals surface area contributed by atoms with Crippen molar-refractivity contribution in [2.75, 3.05) is 0 Å². The molecule has 0 fully saturated rings. The molecule has 0 aliphatic rings. The van der Waals surface area contributed by atoms with Gasteiger partial charge in [-0.3, -0.25) is 0 Å². The zero-order valence-corrected chi connectivity index (χ0v) is 13.1. The van der Waals surface area contributed by atoms with Crippen molar-refractivity contribution in [3.05, 3.63) is 39.0 Å². The van der Waals surface area contributed by atoms with Crippen LogP contribution in [0.3, 0.4) is 0 Å². The monoisotopic (exact) mass is 388 g/mol.